The van der Waals surface area contributed by atoms with E-state index in [0.29, 0.717) is 5.69 Å². The van der Waals surface area contributed by atoms with E-state index >= 15 is 0 Å². The Hall–Kier alpha value is -3.10. The van der Waals surface area contributed by atoms with Gasteiger partial charge in [-0.15, -0.1) is 0 Å². The Morgan fingerprint density at radius 1 is 1.12 bits per heavy atom. The second-order valence-electron chi connectivity index (χ2n) is 8.34. The highest BCUT2D eigenvalue weighted by atomic mass is 32.2. The molecular formula is C25H29N3O4S. The number of carbonyl (C=O) groups excluding carboxylic acids is 1. The van der Waals surface area contributed by atoms with E-state index in [-0.39, 0.29) is 28.5 Å². The molecule has 1 unspecified atom stereocenters. The third-order valence-electron chi connectivity index (χ3n) is 5.89. The number of methoxy groups -OCH3 is 1. The fourth-order valence-corrected chi connectivity index (χ4v) is 5.64. The molecule has 1 aliphatic carbocycles. The second-order valence-corrected chi connectivity index (χ2v) is 10.3. The molecule has 3 N–H and O–H groups in total. The predicted molar refractivity (Wildman–Crippen MR) is 129 cm³/mol. The van der Waals surface area contributed by atoms with Crippen molar-refractivity contribution in [3.05, 3.63) is 76.9 Å². The summed E-state index contributed by atoms with van der Waals surface area (Å²) in [5.74, 6) is 0.0749. The molecule has 8 heteroatoms. The molecule has 0 saturated carbocycles. The van der Waals surface area contributed by atoms with Gasteiger partial charge in [-0.2, -0.15) is 0 Å². The number of fused-ring (bicyclic) bond motifs is 1. The Labute approximate surface area is 194 Å². The van der Waals surface area contributed by atoms with Crippen LogP contribution in [-0.2, 0) is 28.7 Å². The summed E-state index contributed by atoms with van der Waals surface area (Å²) >= 11 is 0. The number of anilines is 1. The van der Waals surface area contributed by atoms with Crippen LogP contribution in [0, 0.1) is 0 Å². The number of rotatable bonds is 7. The molecule has 0 radical (unpaired) electrons. The van der Waals surface area contributed by atoms with Crippen molar-refractivity contribution in [2.24, 2.45) is 0 Å². The van der Waals surface area contributed by atoms with E-state index in [9.17, 15) is 13.2 Å². The first-order chi connectivity index (χ1) is 15.9. The van der Waals surface area contributed by atoms with Crippen molar-refractivity contribution >= 4 is 21.6 Å². The Balaban J connectivity index is 1.46. The maximum atomic E-state index is 13.1. The molecule has 1 heterocycles. The van der Waals surface area contributed by atoms with Crippen molar-refractivity contribution in [2.75, 3.05) is 12.4 Å². The predicted octanol–water partition coefficient (Wildman–Crippen LogP) is 4.06. The highest BCUT2D eigenvalue weighted by Gasteiger charge is 2.22. The summed E-state index contributed by atoms with van der Waals surface area (Å²) in [6, 6.07) is 9.86. The minimum Gasteiger partial charge on any atom is -0.495 e. The minimum atomic E-state index is -3.64. The summed E-state index contributed by atoms with van der Waals surface area (Å²) in [6.45, 7) is 3.48. The van der Waals surface area contributed by atoms with Crippen molar-refractivity contribution in [2.45, 2.75) is 49.5 Å². The number of hydrogen-bond acceptors (Lipinski definition) is 5. The Bertz CT molecular complexity index is 1220. The normalized spacial score (nSPS) is 16.0. The van der Waals surface area contributed by atoms with Gasteiger partial charge in [-0.3, -0.25) is 0 Å². The number of carbonyl (C=O) groups is 1. The Kier molecular flexibility index (Phi) is 6.85. The molecule has 2 aromatic carbocycles. The van der Waals surface area contributed by atoms with Gasteiger partial charge in [0.15, 0.2) is 9.84 Å². The van der Waals surface area contributed by atoms with Crippen LogP contribution in [0.4, 0.5) is 10.5 Å². The van der Waals surface area contributed by atoms with Gasteiger partial charge in [-0.25, -0.2) is 13.2 Å². The maximum absolute atomic E-state index is 13.1. The molecule has 0 fully saturated rings. The van der Waals surface area contributed by atoms with Crippen LogP contribution >= 0.6 is 0 Å². The second kappa shape index (κ2) is 9.80. The number of amides is 2. The van der Waals surface area contributed by atoms with E-state index in [1.165, 1.54) is 24.8 Å². The summed E-state index contributed by atoms with van der Waals surface area (Å²) < 4.78 is 31.6. The van der Waals surface area contributed by atoms with E-state index < -0.39 is 9.84 Å². The molecule has 2 amide bonds. The van der Waals surface area contributed by atoms with Crippen molar-refractivity contribution in [3.8, 4) is 5.75 Å². The first-order valence-corrected chi connectivity index (χ1v) is 12.7. The van der Waals surface area contributed by atoms with Gasteiger partial charge >= 0.3 is 6.03 Å². The molecule has 1 aliphatic heterocycles. The van der Waals surface area contributed by atoms with Crippen molar-refractivity contribution in [1.82, 2.24) is 10.6 Å². The molecule has 174 valence electrons. The molecule has 2 aliphatic rings. The number of nitrogens with one attached hydrogen (secondary N) is 3. The molecule has 0 aromatic heterocycles. The van der Waals surface area contributed by atoms with E-state index in [2.05, 4.69) is 28.1 Å². The number of sulfone groups is 1. The summed E-state index contributed by atoms with van der Waals surface area (Å²) in [4.78, 5) is 12.5. The highest BCUT2D eigenvalue weighted by molar-refractivity contribution is 7.90. The molecule has 0 spiro atoms. The van der Waals surface area contributed by atoms with Crippen LogP contribution in [0.15, 0.2) is 65.1 Å². The minimum absolute atomic E-state index is 0.0976. The average molecular weight is 468 g/mol. The number of urea groups is 1. The lowest BCUT2D eigenvalue weighted by Crippen LogP contribution is -2.37. The molecule has 1 atom stereocenters. The molecule has 0 saturated heterocycles. The van der Waals surface area contributed by atoms with Gasteiger partial charge in [0, 0.05) is 24.8 Å². The summed E-state index contributed by atoms with van der Waals surface area (Å²) in [5.41, 5.74) is 4.59. The SMILES string of the molecule is COc1cc(NC(=O)NC(C)C2=CCCC=C2)ccc1S(=O)(=O)Cc1ccc2c(c1)CNC2. The molecule has 33 heavy (non-hydrogen) atoms. The van der Waals surface area contributed by atoms with Gasteiger partial charge < -0.3 is 20.7 Å². The van der Waals surface area contributed by atoms with Gasteiger partial charge in [0.25, 0.3) is 0 Å². The van der Waals surface area contributed by atoms with Gasteiger partial charge in [0.2, 0.25) is 0 Å². The number of ether oxygens (including phenoxy) is 1. The topological polar surface area (TPSA) is 96.5 Å². The zero-order valence-electron chi connectivity index (χ0n) is 18.9. The standard InChI is InChI=1S/C25H29N3O4S/c1-17(19-6-4-3-5-7-19)27-25(29)28-22-10-11-24(23(13-22)32-2)33(30,31)16-18-8-9-20-14-26-15-21(20)12-18/h4,6-13,17,26H,3,5,14-16H2,1-2H3,(H2,27,28,29). The van der Waals surface area contributed by atoms with Crippen LogP contribution in [0.25, 0.3) is 0 Å². The van der Waals surface area contributed by atoms with Gasteiger partial charge in [0.1, 0.15) is 10.6 Å². The average Bonchev–Trinajstić information content (AvgIpc) is 3.27. The lowest BCUT2D eigenvalue weighted by Gasteiger charge is -2.18. The molecule has 4 rings (SSSR count). The van der Waals surface area contributed by atoms with Gasteiger partial charge in [-0.1, -0.05) is 36.4 Å². The highest BCUT2D eigenvalue weighted by Crippen LogP contribution is 2.30. The number of hydrogen-bond donors (Lipinski definition) is 3. The van der Waals surface area contributed by atoms with E-state index in [1.807, 2.05) is 31.2 Å². The third kappa shape index (κ3) is 5.46. The van der Waals surface area contributed by atoms with E-state index in [0.717, 1.165) is 42.6 Å². The van der Waals surface area contributed by atoms with Crippen LogP contribution in [0.3, 0.4) is 0 Å². The van der Waals surface area contributed by atoms with Crippen molar-refractivity contribution < 1.29 is 17.9 Å². The Morgan fingerprint density at radius 2 is 1.94 bits per heavy atom. The lowest BCUT2D eigenvalue weighted by molar-refractivity contribution is 0.250. The number of allylic oxidation sites excluding steroid dienone is 2. The number of benzene rings is 2. The maximum Gasteiger partial charge on any atom is 0.319 e. The summed E-state index contributed by atoms with van der Waals surface area (Å²) in [6.07, 6.45) is 8.21. The monoisotopic (exact) mass is 467 g/mol. The third-order valence-corrected chi connectivity index (χ3v) is 7.61. The summed E-state index contributed by atoms with van der Waals surface area (Å²) in [5, 5.41) is 8.92. The van der Waals surface area contributed by atoms with E-state index in [1.54, 1.807) is 6.07 Å². The van der Waals surface area contributed by atoms with Crippen LogP contribution < -0.4 is 20.7 Å². The van der Waals surface area contributed by atoms with Gasteiger partial charge in [0.05, 0.1) is 18.9 Å². The van der Waals surface area contributed by atoms with Gasteiger partial charge in [-0.05, 0) is 54.2 Å². The van der Waals surface area contributed by atoms with Crippen LogP contribution in [0.1, 0.15) is 36.5 Å². The molecule has 2 aromatic rings. The van der Waals surface area contributed by atoms with Crippen molar-refractivity contribution in [1.29, 1.82) is 0 Å². The molecule has 7 nitrogen and oxygen atoms in total. The lowest BCUT2D eigenvalue weighted by atomic mass is 10.0. The van der Waals surface area contributed by atoms with Crippen LogP contribution in [0.5, 0.6) is 5.75 Å². The van der Waals surface area contributed by atoms with Crippen LogP contribution in [-0.4, -0.2) is 27.6 Å². The quantitative estimate of drug-likeness (QED) is 0.571. The smallest absolute Gasteiger partial charge is 0.319 e. The molecule has 0 bridgehead atoms. The zero-order chi connectivity index (χ0) is 23.4. The first kappa shape index (κ1) is 23.1. The van der Waals surface area contributed by atoms with Crippen LogP contribution in [0.2, 0.25) is 0 Å². The largest absolute Gasteiger partial charge is 0.495 e. The van der Waals surface area contributed by atoms with E-state index in [4.69, 9.17) is 4.74 Å². The first-order valence-electron chi connectivity index (χ1n) is 11.0. The summed E-state index contributed by atoms with van der Waals surface area (Å²) in [7, 11) is -2.22. The van der Waals surface area contributed by atoms with Crippen molar-refractivity contribution in [3.63, 3.8) is 0 Å². The molecular weight excluding hydrogens is 438 g/mol. The fourth-order valence-electron chi connectivity index (χ4n) is 4.14. The Morgan fingerprint density at radius 3 is 2.70 bits per heavy atom. The fraction of sp³-hybridized carbons (Fsp3) is 0.320. The zero-order valence-corrected chi connectivity index (χ0v) is 19.7.